The zero-order chi connectivity index (χ0) is 33.6. The van der Waals surface area contributed by atoms with Crippen molar-refractivity contribution < 1.29 is 4.92 Å². The van der Waals surface area contributed by atoms with E-state index in [1.165, 1.54) is 96.0 Å². The molecule has 0 saturated carbocycles. The molecule has 4 heteroatoms. The monoisotopic (exact) mass is 640 g/mol. The molecule has 0 aliphatic heterocycles. The fourth-order valence-corrected chi connectivity index (χ4v) is 6.63. The van der Waals surface area contributed by atoms with Crippen molar-refractivity contribution in [3.63, 3.8) is 0 Å². The summed E-state index contributed by atoms with van der Waals surface area (Å²) in [6.45, 7) is 6.87. The van der Waals surface area contributed by atoms with Crippen LogP contribution in [-0.2, 0) is 25.7 Å². The summed E-state index contributed by atoms with van der Waals surface area (Å²) in [7, 11) is 0. The van der Waals surface area contributed by atoms with E-state index < -0.39 is 0 Å². The van der Waals surface area contributed by atoms with Gasteiger partial charge in [-0.1, -0.05) is 125 Å². The number of rotatable bonds is 16. The zero-order valence-electron chi connectivity index (χ0n) is 29.0. The van der Waals surface area contributed by atoms with Gasteiger partial charge in [0.05, 0.1) is 4.92 Å². The van der Waals surface area contributed by atoms with Gasteiger partial charge in [-0.15, -0.1) is 0 Å². The highest BCUT2D eigenvalue weighted by atomic mass is 16.6. The summed E-state index contributed by atoms with van der Waals surface area (Å²) >= 11 is 0. The predicted octanol–water partition coefficient (Wildman–Crippen LogP) is 11.8. The van der Waals surface area contributed by atoms with Crippen LogP contribution in [0.4, 0.5) is 11.4 Å². The minimum atomic E-state index is -0.357. The number of nitrogens with zero attached hydrogens (tertiary/aromatic N) is 2. The van der Waals surface area contributed by atoms with E-state index in [2.05, 4.69) is 104 Å². The molecule has 0 aromatic heterocycles. The van der Waals surface area contributed by atoms with Crippen LogP contribution in [0.15, 0.2) is 84.9 Å². The second kappa shape index (κ2) is 18.2. The maximum absolute atomic E-state index is 11.0. The highest BCUT2D eigenvalue weighted by molar-refractivity contribution is 5.73. The Bertz CT molecular complexity index is 1660. The lowest BCUT2D eigenvalue weighted by molar-refractivity contribution is -0.384. The van der Waals surface area contributed by atoms with Gasteiger partial charge >= 0.3 is 0 Å². The lowest BCUT2D eigenvalue weighted by Gasteiger charge is -2.25. The molecule has 4 aliphatic carbocycles. The average molecular weight is 641 g/mol. The molecule has 4 nitrogen and oxygen atoms in total. The van der Waals surface area contributed by atoms with Crippen LogP contribution in [-0.4, -0.2) is 18.0 Å². The van der Waals surface area contributed by atoms with Crippen LogP contribution in [0.1, 0.15) is 110 Å². The summed E-state index contributed by atoms with van der Waals surface area (Å²) in [6.07, 6.45) is 23.1. The molecular formula is C44H52N2O2. The quantitative estimate of drug-likeness (QED) is 0.0530. The maximum Gasteiger partial charge on any atom is 0.269 e. The first-order chi connectivity index (χ1) is 23.5. The molecular weight excluding hydrogens is 588 g/mol. The van der Waals surface area contributed by atoms with Crippen LogP contribution in [0, 0.1) is 10.1 Å². The van der Waals surface area contributed by atoms with Crippen LogP contribution < -0.4 is 4.90 Å². The second-order valence-corrected chi connectivity index (χ2v) is 13.3. The molecule has 0 spiro atoms. The van der Waals surface area contributed by atoms with Gasteiger partial charge in [0.25, 0.3) is 5.69 Å². The molecule has 4 bridgehead atoms. The fourth-order valence-electron chi connectivity index (χ4n) is 6.63. The number of hydrogen-bond acceptors (Lipinski definition) is 3. The zero-order valence-corrected chi connectivity index (χ0v) is 29.0. The van der Waals surface area contributed by atoms with E-state index in [9.17, 15) is 10.1 Å². The Balaban J connectivity index is 1.27. The van der Waals surface area contributed by atoms with Gasteiger partial charge in [0.2, 0.25) is 0 Å². The van der Waals surface area contributed by atoms with E-state index in [-0.39, 0.29) is 10.6 Å². The van der Waals surface area contributed by atoms with E-state index in [0.29, 0.717) is 0 Å². The van der Waals surface area contributed by atoms with Crippen molar-refractivity contribution in [1.29, 1.82) is 0 Å². The number of unbranched alkanes of at least 4 members (excludes halogenated alkanes) is 6. The summed E-state index contributed by atoms with van der Waals surface area (Å²) in [5, 5.41) is 11.0. The summed E-state index contributed by atoms with van der Waals surface area (Å²) < 4.78 is 0. The largest absolute Gasteiger partial charge is 0.372 e. The molecule has 0 amide bonds. The van der Waals surface area contributed by atoms with E-state index in [1.54, 1.807) is 24.3 Å². The van der Waals surface area contributed by atoms with Gasteiger partial charge in [-0.05, 0) is 107 Å². The second-order valence-electron chi connectivity index (χ2n) is 13.3. The number of non-ortho nitro benzene ring substituents is 1. The van der Waals surface area contributed by atoms with Crippen LogP contribution in [0.25, 0.3) is 24.3 Å². The first-order valence-corrected chi connectivity index (χ1v) is 18.2. The molecule has 0 saturated heterocycles. The molecule has 48 heavy (non-hydrogen) atoms. The van der Waals surface area contributed by atoms with Crippen LogP contribution >= 0.6 is 0 Å². The summed E-state index contributed by atoms with van der Waals surface area (Å²) in [5.41, 5.74) is 11.6. The summed E-state index contributed by atoms with van der Waals surface area (Å²) in [6, 6.07) is 29.8. The van der Waals surface area contributed by atoms with Crippen molar-refractivity contribution in [2.45, 2.75) is 90.9 Å². The third kappa shape index (κ3) is 10.3. The minimum absolute atomic E-state index is 0.116. The first kappa shape index (κ1) is 34.9. The molecule has 250 valence electrons. The van der Waals surface area contributed by atoms with Gasteiger partial charge in [0.1, 0.15) is 0 Å². The third-order valence-corrected chi connectivity index (χ3v) is 9.62. The van der Waals surface area contributed by atoms with Gasteiger partial charge < -0.3 is 4.90 Å². The number of nitro groups is 1. The Labute approximate surface area is 288 Å². The number of nitro benzene ring substituents is 1. The van der Waals surface area contributed by atoms with Crippen molar-refractivity contribution in [1.82, 2.24) is 0 Å². The molecule has 4 aromatic carbocycles. The topological polar surface area (TPSA) is 46.4 Å². The third-order valence-electron chi connectivity index (χ3n) is 9.62. The number of aryl methyl sites for hydroxylation is 4. The Morgan fingerprint density at radius 3 is 1.52 bits per heavy atom. The predicted molar refractivity (Wildman–Crippen MR) is 206 cm³/mol. The van der Waals surface area contributed by atoms with Gasteiger partial charge in [-0.25, -0.2) is 0 Å². The van der Waals surface area contributed by atoms with Crippen LogP contribution in [0.2, 0.25) is 0 Å². The van der Waals surface area contributed by atoms with Crippen molar-refractivity contribution in [2.75, 3.05) is 18.0 Å². The SMILES string of the molecule is CCCCCCN(CCCCCC)c1ccc(/C=C/c2cc3ccc2CCc2ccc(c(/C=C/c4ccc([N+](=O)[O-])cc4)c2)CC3)cc1. The Hall–Kier alpha value is -4.44. The Morgan fingerprint density at radius 2 is 1.06 bits per heavy atom. The molecule has 4 aliphatic rings. The molecule has 0 fully saturated rings. The van der Waals surface area contributed by atoms with Gasteiger partial charge in [-0.3, -0.25) is 10.1 Å². The molecule has 0 heterocycles. The highest BCUT2D eigenvalue weighted by Gasteiger charge is 2.10. The van der Waals surface area contributed by atoms with Crippen LogP contribution in [0.5, 0.6) is 0 Å². The van der Waals surface area contributed by atoms with Gasteiger partial charge in [0, 0.05) is 30.9 Å². The van der Waals surface area contributed by atoms with E-state index in [0.717, 1.165) is 44.3 Å². The fraction of sp³-hybridized carbons (Fsp3) is 0.364. The van der Waals surface area contributed by atoms with Crippen molar-refractivity contribution in [3.05, 3.63) is 140 Å². The number of hydrogen-bond donors (Lipinski definition) is 0. The van der Waals surface area contributed by atoms with E-state index in [1.807, 2.05) is 0 Å². The van der Waals surface area contributed by atoms with Crippen molar-refractivity contribution in [3.8, 4) is 0 Å². The van der Waals surface area contributed by atoms with E-state index >= 15 is 0 Å². The average Bonchev–Trinajstić information content (AvgIpc) is 3.11. The molecule has 0 N–H and O–H groups in total. The molecule has 8 rings (SSSR count). The standard InChI is InChI=1S/C44H52N2O2/c1-3-5-7-9-31-45(32-10-8-6-4-2)43-27-17-35(18-28-43)11-25-41-33-37-13-21-39(41)22-14-38-16-24-40(23-15-37)42(34-38)26-12-36-19-29-44(30-20-36)46(47)48/h11-13,16-21,24-30,33-34H,3-10,14-15,22-23,31-32H2,1-2H3/b25-11+,26-12+. The smallest absolute Gasteiger partial charge is 0.269 e. The number of benzene rings is 4. The molecule has 0 unspecified atom stereocenters. The van der Waals surface area contributed by atoms with Crippen LogP contribution in [0.3, 0.4) is 0 Å². The molecule has 0 atom stereocenters. The number of anilines is 1. The van der Waals surface area contributed by atoms with Gasteiger partial charge in [-0.2, -0.15) is 0 Å². The lowest BCUT2D eigenvalue weighted by Crippen LogP contribution is -2.25. The normalized spacial score (nSPS) is 12.9. The first-order valence-electron chi connectivity index (χ1n) is 18.2. The van der Waals surface area contributed by atoms with Gasteiger partial charge in [0.15, 0.2) is 0 Å². The molecule has 0 radical (unpaired) electrons. The minimum Gasteiger partial charge on any atom is -0.372 e. The van der Waals surface area contributed by atoms with E-state index in [4.69, 9.17) is 0 Å². The molecule has 4 aromatic rings. The Morgan fingerprint density at radius 1 is 0.583 bits per heavy atom. The summed E-state index contributed by atoms with van der Waals surface area (Å²) in [4.78, 5) is 13.3. The van der Waals surface area contributed by atoms with Crippen molar-refractivity contribution in [2.24, 2.45) is 0 Å². The highest BCUT2D eigenvalue weighted by Crippen LogP contribution is 2.25. The maximum atomic E-state index is 11.0. The lowest BCUT2D eigenvalue weighted by atomic mass is 9.90. The Kier molecular flexibility index (Phi) is 13.2. The van der Waals surface area contributed by atoms with Crippen molar-refractivity contribution >= 4 is 35.7 Å². The summed E-state index contributed by atoms with van der Waals surface area (Å²) in [5.74, 6) is 0.